The van der Waals surface area contributed by atoms with Crippen LogP contribution in [0, 0.1) is 0 Å². The number of hydrogen-bond donors (Lipinski definition) is 2. The first kappa shape index (κ1) is 25.9. The van der Waals surface area contributed by atoms with E-state index in [1.54, 1.807) is 6.08 Å². The summed E-state index contributed by atoms with van der Waals surface area (Å²) in [5.41, 5.74) is 3.48. The molecule has 0 spiro atoms. The topological polar surface area (TPSA) is 40.5 Å². The van der Waals surface area contributed by atoms with E-state index in [0.29, 0.717) is 12.3 Å². The van der Waals surface area contributed by atoms with Crippen molar-refractivity contribution in [3.63, 3.8) is 0 Å². The SMILES string of the molecule is CC/C(=C\C=C\C(C)(O)C(F)(F)F)c1cccc(CCc2ccc(CO)c(C(C)C)c2)c1. The second kappa shape index (κ2) is 11.0. The maximum absolute atomic E-state index is 12.8. The van der Waals surface area contributed by atoms with E-state index >= 15 is 0 Å². The molecule has 0 radical (unpaired) electrons. The van der Waals surface area contributed by atoms with Gasteiger partial charge in [-0.1, -0.05) is 75.4 Å². The van der Waals surface area contributed by atoms with Gasteiger partial charge in [0.2, 0.25) is 0 Å². The van der Waals surface area contributed by atoms with Crippen LogP contribution in [0.2, 0.25) is 0 Å². The third-order valence-corrected chi connectivity index (χ3v) is 5.68. The van der Waals surface area contributed by atoms with Gasteiger partial charge in [0.25, 0.3) is 0 Å². The van der Waals surface area contributed by atoms with Crippen LogP contribution < -0.4 is 0 Å². The highest BCUT2D eigenvalue weighted by Gasteiger charge is 2.47. The van der Waals surface area contributed by atoms with Gasteiger partial charge in [0.05, 0.1) is 6.61 Å². The Bertz CT molecular complexity index is 954. The number of aryl methyl sites for hydroxylation is 2. The first-order chi connectivity index (χ1) is 15.0. The molecule has 2 aromatic rings. The van der Waals surface area contributed by atoms with Crippen molar-refractivity contribution in [2.75, 3.05) is 0 Å². The minimum absolute atomic E-state index is 0.0365. The molecule has 2 N–H and O–H groups in total. The number of halogens is 3. The van der Waals surface area contributed by atoms with Gasteiger partial charge in [-0.15, -0.1) is 0 Å². The maximum Gasteiger partial charge on any atom is 0.420 e. The van der Waals surface area contributed by atoms with E-state index in [9.17, 15) is 23.4 Å². The second-order valence-electron chi connectivity index (χ2n) is 8.60. The first-order valence-corrected chi connectivity index (χ1v) is 11.0. The summed E-state index contributed by atoms with van der Waals surface area (Å²) < 4.78 is 38.5. The highest BCUT2D eigenvalue weighted by Crippen LogP contribution is 2.31. The van der Waals surface area contributed by atoms with Crippen molar-refractivity contribution in [3.8, 4) is 0 Å². The predicted octanol–water partition coefficient (Wildman–Crippen LogP) is 6.75. The van der Waals surface area contributed by atoms with Crippen LogP contribution in [-0.4, -0.2) is 22.0 Å². The molecule has 0 saturated carbocycles. The molecule has 1 atom stereocenters. The average molecular weight is 447 g/mol. The largest absolute Gasteiger partial charge is 0.420 e. The number of allylic oxidation sites excluding steroid dienone is 3. The van der Waals surface area contributed by atoms with E-state index in [0.717, 1.165) is 53.7 Å². The lowest BCUT2D eigenvalue weighted by Crippen LogP contribution is -2.39. The van der Waals surface area contributed by atoms with Gasteiger partial charge in [-0.2, -0.15) is 13.2 Å². The summed E-state index contributed by atoms with van der Waals surface area (Å²) in [7, 11) is 0. The van der Waals surface area contributed by atoms with E-state index in [2.05, 4.69) is 32.0 Å². The van der Waals surface area contributed by atoms with Gasteiger partial charge in [0, 0.05) is 0 Å². The molecule has 174 valence electrons. The first-order valence-electron chi connectivity index (χ1n) is 11.0. The van der Waals surface area contributed by atoms with E-state index < -0.39 is 11.8 Å². The zero-order chi connectivity index (χ0) is 23.9. The Morgan fingerprint density at radius 2 is 1.69 bits per heavy atom. The lowest BCUT2D eigenvalue weighted by atomic mass is 9.93. The Morgan fingerprint density at radius 1 is 1.03 bits per heavy atom. The summed E-state index contributed by atoms with van der Waals surface area (Å²) >= 11 is 0. The molecule has 2 aromatic carbocycles. The zero-order valence-corrected chi connectivity index (χ0v) is 19.2. The lowest BCUT2D eigenvalue weighted by Gasteiger charge is -2.22. The second-order valence-corrected chi connectivity index (χ2v) is 8.60. The van der Waals surface area contributed by atoms with Crippen molar-refractivity contribution in [2.45, 2.75) is 71.3 Å². The lowest BCUT2D eigenvalue weighted by molar-refractivity contribution is -0.232. The summed E-state index contributed by atoms with van der Waals surface area (Å²) in [5, 5.41) is 19.1. The fourth-order valence-electron chi connectivity index (χ4n) is 3.56. The molecule has 1 unspecified atom stereocenters. The fourth-order valence-corrected chi connectivity index (χ4v) is 3.56. The number of benzene rings is 2. The van der Waals surface area contributed by atoms with Gasteiger partial charge in [0.15, 0.2) is 5.60 Å². The molecule has 0 aliphatic heterocycles. The van der Waals surface area contributed by atoms with Crippen LogP contribution in [0.3, 0.4) is 0 Å². The predicted molar refractivity (Wildman–Crippen MR) is 124 cm³/mol. The van der Waals surface area contributed by atoms with Gasteiger partial charge in [0.1, 0.15) is 0 Å². The molecule has 0 heterocycles. The van der Waals surface area contributed by atoms with Crippen molar-refractivity contribution in [1.82, 2.24) is 0 Å². The molecule has 5 heteroatoms. The molecule has 0 aliphatic rings. The van der Waals surface area contributed by atoms with Gasteiger partial charge >= 0.3 is 6.18 Å². The normalized spacial score (nSPS) is 14.9. The Kier molecular flexibility index (Phi) is 8.88. The number of hydrogen-bond acceptors (Lipinski definition) is 2. The summed E-state index contributed by atoms with van der Waals surface area (Å²) in [5.74, 6) is 0.337. The Morgan fingerprint density at radius 3 is 2.25 bits per heavy atom. The molecule has 0 saturated heterocycles. The molecule has 0 aliphatic carbocycles. The summed E-state index contributed by atoms with van der Waals surface area (Å²) in [6.07, 6.45) is 1.30. The highest BCUT2D eigenvalue weighted by atomic mass is 19.4. The van der Waals surface area contributed by atoms with Crippen molar-refractivity contribution >= 4 is 5.57 Å². The molecular formula is C27H33F3O2. The van der Waals surface area contributed by atoms with Crippen molar-refractivity contribution in [2.24, 2.45) is 0 Å². The Balaban J connectivity index is 2.16. The molecule has 0 bridgehead atoms. The minimum atomic E-state index is -4.71. The zero-order valence-electron chi connectivity index (χ0n) is 19.2. The van der Waals surface area contributed by atoms with Crippen LogP contribution in [0.1, 0.15) is 67.9 Å². The summed E-state index contributed by atoms with van der Waals surface area (Å²) in [6.45, 7) is 6.95. The van der Waals surface area contributed by atoms with Crippen LogP contribution in [0.5, 0.6) is 0 Å². The molecule has 0 amide bonds. The smallest absolute Gasteiger partial charge is 0.392 e. The minimum Gasteiger partial charge on any atom is -0.392 e. The fraction of sp³-hybridized carbons (Fsp3) is 0.407. The van der Waals surface area contributed by atoms with E-state index in [1.807, 2.05) is 31.2 Å². The quantitative estimate of drug-likeness (QED) is 0.418. The van der Waals surface area contributed by atoms with E-state index in [-0.39, 0.29) is 6.61 Å². The highest BCUT2D eigenvalue weighted by molar-refractivity contribution is 5.67. The molecule has 0 fully saturated rings. The molecule has 2 nitrogen and oxygen atoms in total. The van der Waals surface area contributed by atoms with Crippen molar-refractivity contribution in [1.29, 1.82) is 0 Å². The van der Waals surface area contributed by atoms with Crippen molar-refractivity contribution < 1.29 is 23.4 Å². The summed E-state index contributed by atoms with van der Waals surface area (Å²) in [6, 6.07) is 14.2. The monoisotopic (exact) mass is 446 g/mol. The molecular weight excluding hydrogens is 413 g/mol. The number of aliphatic hydroxyl groups excluding tert-OH is 1. The van der Waals surface area contributed by atoms with E-state index in [1.165, 1.54) is 11.6 Å². The van der Waals surface area contributed by atoms with Gasteiger partial charge in [-0.05, 0) is 71.6 Å². The Hall–Kier alpha value is -2.37. The average Bonchev–Trinajstić information content (AvgIpc) is 2.74. The molecule has 0 aromatic heterocycles. The number of rotatable bonds is 9. The number of aliphatic hydroxyl groups is 2. The standard InChI is InChI=1S/C27H33F3O2/c1-5-22(10-7-15-26(4,32)27(28,29)30)23-9-6-8-20(16-23)11-12-21-13-14-24(18-31)25(17-21)19(2)3/h6-10,13-17,19,31-32H,5,11-12,18H2,1-4H3/b15-7+,22-10+. The van der Waals surface area contributed by atoms with Crippen LogP contribution in [0.25, 0.3) is 5.57 Å². The summed E-state index contributed by atoms with van der Waals surface area (Å²) in [4.78, 5) is 0. The van der Waals surface area contributed by atoms with Crippen molar-refractivity contribution in [3.05, 3.63) is 88.5 Å². The third-order valence-electron chi connectivity index (χ3n) is 5.68. The molecule has 32 heavy (non-hydrogen) atoms. The van der Waals surface area contributed by atoms with Crippen LogP contribution in [-0.2, 0) is 19.4 Å². The van der Waals surface area contributed by atoms with E-state index in [4.69, 9.17) is 0 Å². The van der Waals surface area contributed by atoms with Gasteiger partial charge in [-0.3, -0.25) is 0 Å². The van der Waals surface area contributed by atoms with Gasteiger partial charge < -0.3 is 10.2 Å². The molecule has 2 rings (SSSR count). The van der Waals surface area contributed by atoms with Crippen LogP contribution >= 0.6 is 0 Å². The number of alkyl halides is 3. The van der Waals surface area contributed by atoms with Crippen LogP contribution in [0.4, 0.5) is 13.2 Å². The Labute approximate surface area is 189 Å². The van der Waals surface area contributed by atoms with Gasteiger partial charge in [-0.25, -0.2) is 0 Å². The van der Waals surface area contributed by atoms with Crippen LogP contribution in [0.15, 0.2) is 60.7 Å². The maximum atomic E-state index is 12.8. The third kappa shape index (κ3) is 6.81.